The summed E-state index contributed by atoms with van der Waals surface area (Å²) in [5.74, 6) is -0.181. The van der Waals surface area contributed by atoms with Gasteiger partial charge in [0, 0.05) is 36.3 Å². The lowest BCUT2D eigenvalue weighted by Crippen LogP contribution is -2.45. The van der Waals surface area contributed by atoms with Gasteiger partial charge in [0.15, 0.2) is 0 Å². The number of hydrogen-bond donors (Lipinski definition) is 1. The van der Waals surface area contributed by atoms with Crippen LogP contribution in [0, 0.1) is 5.82 Å². The molecule has 1 aliphatic heterocycles. The van der Waals surface area contributed by atoms with Crippen molar-refractivity contribution < 1.29 is 22.3 Å². The molecule has 1 N–H and O–H groups in total. The fourth-order valence-electron chi connectivity index (χ4n) is 3.51. The normalized spacial score (nSPS) is 16.8. The number of ether oxygens (including phenoxy) is 2. The number of halogens is 1. The van der Waals surface area contributed by atoms with Crippen molar-refractivity contribution in [2.45, 2.75) is 24.0 Å². The third-order valence-electron chi connectivity index (χ3n) is 5.06. The molecule has 0 aliphatic carbocycles. The number of rotatable bonds is 7. The fraction of sp³-hybridized carbons (Fsp3) is 0.400. The van der Waals surface area contributed by atoms with Gasteiger partial charge in [-0.05, 0) is 25.0 Å². The quantitative estimate of drug-likeness (QED) is 0.785. The molecule has 0 radical (unpaired) electrons. The summed E-state index contributed by atoms with van der Waals surface area (Å²) in [6.07, 6.45) is 1.35. The third kappa shape index (κ3) is 4.66. The number of benzene rings is 2. The minimum Gasteiger partial charge on any atom is -0.496 e. The molecule has 0 bridgehead atoms. The highest BCUT2D eigenvalue weighted by Crippen LogP contribution is 2.39. The molecule has 146 valence electrons. The van der Waals surface area contributed by atoms with Crippen molar-refractivity contribution in [3.63, 3.8) is 0 Å². The van der Waals surface area contributed by atoms with Gasteiger partial charge in [-0.2, -0.15) is 0 Å². The van der Waals surface area contributed by atoms with E-state index in [1.165, 1.54) is 18.2 Å². The van der Waals surface area contributed by atoms with Crippen LogP contribution in [0.3, 0.4) is 0 Å². The van der Waals surface area contributed by atoms with Crippen LogP contribution in [-0.2, 0) is 25.9 Å². The summed E-state index contributed by atoms with van der Waals surface area (Å²) >= 11 is 0. The monoisotopic (exact) mass is 393 g/mol. The van der Waals surface area contributed by atoms with Crippen LogP contribution in [0.4, 0.5) is 4.39 Å². The van der Waals surface area contributed by atoms with Crippen molar-refractivity contribution in [2.75, 3.05) is 26.9 Å². The second-order valence-electron chi connectivity index (χ2n) is 6.76. The van der Waals surface area contributed by atoms with Crippen LogP contribution < -0.4 is 9.46 Å². The lowest BCUT2D eigenvalue weighted by atomic mass is 9.74. The number of sulfonamides is 1. The Morgan fingerprint density at radius 1 is 1.11 bits per heavy atom. The number of para-hydroxylation sites is 1. The van der Waals surface area contributed by atoms with Crippen LogP contribution in [0.25, 0.3) is 0 Å². The van der Waals surface area contributed by atoms with Gasteiger partial charge in [0.2, 0.25) is 10.0 Å². The Kier molecular flexibility index (Phi) is 6.14. The Hall–Kier alpha value is -1.96. The van der Waals surface area contributed by atoms with E-state index < -0.39 is 27.0 Å². The van der Waals surface area contributed by atoms with Crippen LogP contribution in [0.5, 0.6) is 5.75 Å². The summed E-state index contributed by atoms with van der Waals surface area (Å²) in [5, 5.41) is 0. The molecule has 5 nitrogen and oxygen atoms in total. The molecular weight excluding hydrogens is 369 g/mol. The van der Waals surface area contributed by atoms with Gasteiger partial charge < -0.3 is 9.47 Å². The molecular formula is C20H24FNO4S. The molecule has 27 heavy (non-hydrogen) atoms. The van der Waals surface area contributed by atoms with E-state index in [0.29, 0.717) is 26.1 Å². The molecule has 0 unspecified atom stereocenters. The molecule has 1 heterocycles. The van der Waals surface area contributed by atoms with Crippen LogP contribution >= 0.6 is 0 Å². The molecule has 0 aromatic heterocycles. The van der Waals surface area contributed by atoms with Gasteiger partial charge in [0.25, 0.3) is 0 Å². The van der Waals surface area contributed by atoms with Gasteiger partial charge in [-0.3, -0.25) is 0 Å². The van der Waals surface area contributed by atoms with Crippen LogP contribution in [0.1, 0.15) is 24.0 Å². The molecule has 0 atom stereocenters. The molecule has 0 saturated carbocycles. The molecule has 1 fully saturated rings. The van der Waals surface area contributed by atoms with Gasteiger partial charge in [-0.15, -0.1) is 0 Å². The Labute approximate surface area is 159 Å². The Morgan fingerprint density at radius 3 is 2.48 bits per heavy atom. The summed E-state index contributed by atoms with van der Waals surface area (Å²) in [6, 6.07) is 13.6. The summed E-state index contributed by atoms with van der Waals surface area (Å²) < 4.78 is 52.7. The van der Waals surface area contributed by atoms with E-state index in [0.717, 1.165) is 11.3 Å². The van der Waals surface area contributed by atoms with E-state index in [-0.39, 0.29) is 12.1 Å². The number of methoxy groups -OCH3 is 1. The molecule has 2 aromatic carbocycles. The number of nitrogens with one attached hydrogen (secondary N) is 1. The first-order valence-electron chi connectivity index (χ1n) is 8.88. The van der Waals surface area contributed by atoms with Crippen molar-refractivity contribution in [2.24, 2.45) is 0 Å². The predicted octanol–water partition coefficient (Wildman–Crippen LogP) is 3.00. The Morgan fingerprint density at radius 2 is 1.78 bits per heavy atom. The third-order valence-corrected chi connectivity index (χ3v) is 6.34. The summed E-state index contributed by atoms with van der Waals surface area (Å²) in [7, 11) is -2.09. The second-order valence-corrected chi connectivity index (χ2v) is 8.57. The van der Waals surface area contributed by atoms with Crippen LogP contribution in [-0.4, -0.2) is 35.3 Å². The molecule has 3 rings (SSSR count). The highest BCUT2D eigenvalue weighted by Gasteiger charge is 2.37. The van der Waals surface area contributed by atoms with Crippen LogP contribution in [0.15, 0.2) is 48.5 Å². The first-order valence-corrected chi connectivity index (χ1v) is 10.5. The van der Waals surface area contributed by atoms with E-state index in [2.05, 4.69) is 4.72 Å². The largest absolute Gasteiger partial charge is 0.496 e. The fourth-order valence-corrected chi connectivity index (χ4v) is 4.75. The maximum Gasteiger partial charge on any atom is 0.215 e. The zero-order chi connectivity index (χ0) is 19.3. The Bertz CT molecular complexity index is 879. The summed E-state index contributed by atoms with van der Waals surface area (Å²) in [6.45, 7) is 1.31. The first-order chi connectivity index (χ1) is 13.0. The van der Waals surface area contributed by atoms with E-state index in [1.54, 1.807) is 13.2 Å². The van der Waals surface area contributed by atoms with E-state index in [1.807, 2.05) is 24.3 Å². The van der Waals surface area contributed by atoms with Crippen molar-refractivity contribution in [3.8, 4) is 5.75 Å². The van der Waals surface area contributed by atoms with E-state index in [4.69, 9.17) is 9.47 Å². The first kappa shape index (κ1) is 19.8. The lowest BCUT2D eigenvalue weighted by molar-refractivity contribution is 0.0509. The smallest absolute Gasteiger partial charge is 0.215 e. The molecule has 0 spiro atoms. The van der Waals surface area contributed by atoms with Crippen molar-refractivity contribution in [1.82, 2.24) is 4.72 Å². The van der Waals surface area contributed by atoms with Crippen molar-refractivity contribution in [1.29, 1.82) is 0 Å². The minimum absolute atomic E-state index is 0.156. The minimum atomic E-state index is -3.69. The average molecular weight is 393 g/mol. The van der Waals surface area contributed by atoms with Crippen LogP contribution in [0.2, 0.25) is 0 Å². The molecule has 2 aromatic rings. The molecule has 1 aliphatic rings. The SMILES string of the molecule is COc1ccccc1C1(CNS(=O)(=O)Cc2ccccc2F)CCOCC1. The summed E-state index contributed by atoms with van der Waals surface area (Å²) in [5.41, 5.74) is 0.695. The van der Waals surface area contributed by atoms with Gasteiger partial charge in [-0.25, -0.2) is 17.5 Å². The van der Waals surface area contributed by atoms with Gasteiger partial charge >= 0.3 is 0 Å². The average Bonchev–Trinajstić information content (AvgIpc) is 2.69. The second kappa shape index (κ2) is 8.37. The van der Waals surface area contributed by atoms with E-state index >= 15 is 0 Å². The maximum absolute atomic E-state index is 13.8. The lowest BCUT2D eigenvalue weighted by Gasteiger charge is -2.38. The van der Waals surface area contributed by atoms with Gasteiger partial charge in [0.1, 0.15) is 11.6 Å². The molecule has 0 amide bonds. The van der Waals surface area contributed by atoms with Gasteiger partial charge in [-0.1, -0.05) is 36.4 Å². The maximum atomic E-state index is 13.8. The zero-order valence-corrected chi connectivity index (χ0v) is 16.1. The highest BCUT2D eigenvalue weighted by molar-refractivity contribution is 7.88. The zero-order valence-electron chi connectivity index (χ0n) is 15.3. The van der Waals surface area contributed by atoms with E-state index in [9.17, 15) is 12.8 Å². The van der Waals surface area contributed by atoms with Crippen molar-refractivity contribution >= 4 is 10.0 Å². The summed E-state index contributed by atoms with van der Waals surface area (Å²) in [4.78, 5) is 0. The topological polar surface area (TPSA) is 64.6 Å². The molecule has 7 heteroatoms. The van der Waals surface area contributed by atoms with Gasteiger partial charge in [0.05, 0.1) is 12.9 Å². The Balaban J connectivity index is 1.82. The molecule has 1 saturated heterocycles. The predicted molar refractivity (Wildman–Crippen MR) is 102 cm³/mol. The number of hydrogen-bond acceptors (Lipinski definition) is 4. The van der Waals surface area contributed by atoms with Crippen molar-refractivity contribution in [3.05, 3.63) is 65.5 Å². The standard InChI is InChI=1S/C20H24FNO4S/c1-25-19-9-5-3-7-17(19)20(10-12-26-13-11-20)15-22-27(23,24)14-16-6-2-4-8-18(16)21/h2-9,22H,10-15H2,1H3. The highest BCUT2D eigenvalue weighted by atomic mass is 32.2.